The predicted molar refractivity (Wildman–Crippen MR) is 60.0 cm³/mol. The minimum atomic E-state index is 0.438. The van der Waals surface area contributed by atoms with Gasteiger partial charge in [-0.3, -0.25) is 0 Å². The third-order valence-electron chi connectivity index (χ3n) is 1.99. The Morgan fingerprint density at radius 3 is 2.85 bits per heavy atom. The van der Waals surface area contributed by atoms with Gasteiger partial charge in [-0.15, -0.1) is 11.8 Å². The topological polar surface area (TPSA) is 20.2 Å². The van der Waals surface area contributed by atoms with Crippen LogP contribution < -0.4 is 0 Å². The van der Waals surface area contributed by atoms with E-state index in [1.54, 1.807) is 11.8 Å². The molecule has 0 amide bonds. The molecule has 0 aliphatic heterocycles. The highest BCUT2D eigenvalue weighted by molar-refractivity contribution is 7.99. The largest absolute Gasteiger partial charge is 0.499 e. The van der Waals surface area contributed by atoms with Gasteiger partial charge in [0.05, 0.1) is 4.90 Å². The van der Waals surface area contributed by atoms with E-state index in [4.69, 9.17) is 0 Å². The van der Waals surface area contributed by atoms with Crippen molar-refractivity contribution in [2.45, 2.75) is 11.8 Å². The van der Waals surface area contributed by atoms with E-state index >= 15 is 0 Å². The van der Waals surface area contributed by atoms with Gasteiger partial charge < -0.3 is 5.11 Å². The molecular formula is C10H10OS2. The summed E-state index contributed by atoms with van der Waals surface area (Å²) in [6.45, 7) is 2.06. The quantitative estimate of drug-likeness (QED) is 0.725. The normalized spacial score (nSPS) is 10.9. The molecule has 0 radical (unpaired) electrons. The van der Waals surface area contributed by atoms with Gasteiger partial charge in [-0.05, 0) is 24.8 Å². The summed E-state index contributed by atoms with van der Waals surface area (Å²) >= 11 is 3.05. The molecule has 1 nitrogen and oxygen atoms in total. The van der Waals surface area contributed by atoms with E-state index in [0.717, 1.165) is 4.90 Å². The molecule has 0 unspecified atom stereocenters. The standard InChI is InChI=1S/C10H10OS2/c1-6-3-4-7-8(5-6)13-10(11)9(7)12-2/h3-5,11H,1-2H3. The molecule has 0 fully saturated rings. The molecule has 1 aromatic heterocycles. The second-order valence-electron chi connectivity index (χ2n) is 2.94. The first-order valence-electron chi connectivity index (χ1n) is 3.98. The Morgan fingerprint density at radius 2 is 2.15 bits per heavy atom. The molecule has 1 N–H and O–H groups in total. The first-order valence-corrected chi connectivity index (χ1v) is 6.02. The van der Waals surface area contributed by atoms with E-state index in [1.165, 1.54) is 27.0 Å². The highest BCUT2D eigenvalue weighted by atomic mass is 32.2. The maximum atomic E-state index is 9.62. The van der Waals surface area contributed by atoms with Crippen molar-refractivity contribution in [3.05, 3.63) is 23.8 Å². The third kappa shape index (κ3) is 1.42. The Kier molecular flexibility index (Phi) is 2.22. The van der Waals surface area contributed by atoms with Crippen LogP contribution in [0.15, 0.2) is 23.1 Å². The Labute approximate surface area is 85.4 Å². The first-order chi connectivity index (χ1) is 6.22. The fourth-order valence-electron chi connectivity index (χ4n) is 1.36. The molecule has 0 bridgehead atoms. The molecule has 0 saturated carbocycles. The van der Waals surface area contributed by atoms with Gasteiger partial charge in [-0.1, -0.05) is 23.5 Å². The van der Waals surface area contributed by atoms with Crippen LogP contribution in [-0.2, 0) is 0 Å². The van der Waals surface area contributed by atoms with Crippen molar-refractivity contribution in [1.82, 2.24) is 0 Å². The maximum absolute atomic E-state index is 9.62. The van der Waals surface area contributed by atoms with E-state index < -0.39 is 0 Å². The Balaban J connectivity index is 2.79. The number of thiophene rings is 1. The molecule has 3 heteroatoms. The highest BCUT2D eigenvalue weighted by Crippen LogP contribution is 2.42. The zero-order valence-corrected chi connectivity index (χ0v) is 9.13. The van der Waals surface area contributed by atoms with Crippen molar-refractivity contribution >= 4 is 33.2 Å². The highest BCUT2D eigenvalue weighted by Gasteiger charge is 2.09. The average Bonchev–Trinajstić information content (AvgIpc) is 2.39. The first kappa shape index (κ1) is 8.91. The van der Waals surface area contributed by atoms with Gasteiger partial charge in [-0.2, -0.15) is 0 Å². The Bertz CT molecular complexity index is 445. The van der Waals surface area contributed by atoms with Crippen LogP contribution >= 0.6 is 23.1 Å². The lowest BCUT2D eigenvalue weighted by atomic mass is 10.2. The second-order valence-corrected chi connectivity index (χ2v) is 4.79. The van der Waals surface area contributed by atoms with Crippen LogP contribution in [0, 0.1) is 6.92 Å². The van der Waals surface area contributed by atoms with E-state index in [9.17, 15) is 5.11 Å². The van der Waals surface area contributed by atoms with E-state index in [0.29, 0.717) is 5.06 Å². The molecule has 2 rings (SSSR count). The molecule has 0 atom stereocenters. The molecule has 2 aromatic rings. The van der Waals surface area contributed by atoms with Crippen molar-refractivity contribution in [2.24, 2.45) is 0 Å². The monoisotopic (exact) mass is 210 g/mol. The van der Waals surface area contributed by atoms with Gasteiger partial charge in [0.1, 0.15) is 0 Å². The van der Waals surface area contributed by atoms with Crippen LogP contribution in [0.5, 0.6) is 5.06 Å². The summed E-state index contributed by atoms with van der Waals surface area (Å²) in [6.07, 6.45) is 1.99. The van der Waals surface area contributed by atoms with Gasteiger partial charge in [0.2, 0.25) is 0 Å². The number of thioether (sulfide) groups is 1. The Hall–Kier alpha value is -0.670. The molecule has 1 heterocycles. The number of rotatable bonds is 1. The molecule has 13 heavy (non-hydrogen) atoms. The van der Waals surface area contributed by atoms with E-state index in [1.807, 2.05) is 6.26 Å². The summed E-state index contributed by atoms with van der Waals surface area (Å²) in [6, 6.07) is 6.26. The molecule has 68 valence electrons. The Morgan fingerprint density at radius 1 is 1.38 bits per heavy atom. The molecule has 0 saturated heterocycles. The van der Waals surface area contributed by atoms with E-state index in [2.05, 4.69) is 25.1 Å². The van der Waals surface area contributed by atoms with Gasteiger partial charge in [0.15, 0.2) is 5.06 Å². The number of fused-ring (bicyclic) bond motifs is 1. The van der Waals surface area contributed by atoms with Gasteiger partial charge >= 0.3 is 0 Å². The molecule has 0 aliphatic rings. The van der Waals surface area contributed by atoms with Gasteiger partial charge in [0.25, 0.3) is 0 Å². The smallest absolute Gasteiger partial charge is 0.186 e. The van der Waals surface area contributed by atoms with E-state index in [-0.39, 0.29) is 0 Å². The summed E-state index contributed by atoms with van der Waals surface area (Å²) in [5, 5.41) is 11.2. The SMILES string of the molecule is CSc1c(O)sc2cc(C)ccc12. The molecule has 0 aliphatic carbocycles. The summed E-state index contributed by atoms with van der Waals surface area (Å²) in [4.78, 5) is 1.00. The molecule has 1 aromatic carbocycles. The fourth-order valence-corrected chi connectivity index (χ4v) is 3.31. The van der Waals surface area contributed by atoms with Gasteiger partial charge in [-0.25, -0.2) is 0 Å². The van der Waals surface area contributed by atoms with Gasteiger partial charge in [0, 0.05) is 10.1 Å². The third-order valence-corrected chi connectivity index (χ3v) is 3.89. The summed E-state index contributed by atoms with van der Waals surface area (Å²) in [5.74, 6) is 0. The summed E-state index contributed by atoms with van der Waals surface area (Å²) in [5.41, 5.74) is 1.24. The molecular weight excluding hydrogens is 200 g/mol. The van der Waals surface area contributed by atoms with Crippen molar-refractivity contribution in [1.29, 1.82) is 0 Å². The minimum absolute atomic E-state index is 0.438. The van der Waals surface area contributed by atoms with Crippen molar-refractivity contribution < 1.29 is 5.11 Å². The summed E-state index contributed by atoms with van der Waals surface area (Å²) in [7, 11) is 0. The second kappa shape index (κ2) is 3.24. The van der Waals surface area contributed by atoms with Crippen LogP contribution in [-0.4, -0.2) is 11.4 Å². The lowest BCUT2D eigenvalue weighted by molar-refractivity contribution is 0.480. The number of benzene rings is 1. The predicted octanol–water partition coefficient (Wildman–Crippen LogP) is 3.64. The lowest BCUT2D eigenvalue weighted by Gasteiger charge is -1.94. The number of aromatic hydroxyl groups is 1. The lowest BCUT2D eigenvalue weighted by Crippen LogP contribution is -1.70. The van der Waals surface area contributed by atoms with Crippen molar-refractivity contribution in [3.8, 4) is 5.06 Å². The average molecular weight is 210 g/mol. The number of hydrogen-bond donors (Lipinski definition) is 1. The molecule has 0 spiro atoms. The van der Waals surface area contributed by atoms with Crippen LogP contribution in [0.3, 0.4) is 0 Å². The van der Waals surface area contributed by atoms with Crippen LogP contribution in [0.2, 0.25) is 0 Å². The number of aryl methyl sites for hydroxylation is 1. The zero-order valence-electron chi connectivity index (χ0n) is 7.50. The number of hydrogen-bond acceptors (Lipinski definition) is 3. The van der Waals surface area contributed by atoms with Crippen LogP contribution in [0.4, 0.5) is 0 Å². The minimum Gasteiger partial charge on any atom is -0.499 e. The fraction of sp³-hybridized carbons (Fsp3) is 0.200. The van der Waals surface area contributed by atoms with Crippen LogP contribution in [0.25, 0.3) is 10.1 Å². The van der Waals surface area contributed by atoms with Crippen molar-refractivity contribution in [2.75, 3.05) is 6.26 Å². The van der Waals surface area contributed by atoms with Crippen molar-refractivity contribution in [3.63, 3.8) is 0 Å². The zero-order chi connectivity index (χ0) is 9.42. The summed E-state index contributed by atoms with van der Waals surface area (Å²) < 4.78 is 1.17. The van der Waals surface area contributed by atoms with Crippen LogP contribution in [0.1, 0.15) is 5.56 Å². The maximum Gasteiger partial charge on any atom is 0.186 e.